The molecule has 14 nitrogen and oxygen atoms in total. The van der Waals surface area contributed by atoms with Gasteiger partial charge in [-0.3, -0.25) is 19.2 Å². The molecule has 1 aromatic carbocycles. The Bertz CT molecular complexity index is 1200. The van der Waals surface area contributed by atoms with E-state index in [1.54, 1.807) is 6.20 Å². The molecule has 42 heavy (non-hydrogen) atoms. The first kappa shape index (κ1) is 34.2. The summed E-state index contributed by atoms with van der Waals surface area (Å²) in [6.45, 7) is 0.812. The molecular weight excluding hydrogens is 546 g/mol. The number of unbranched alkanes of at least 4 members (excludes halogenated alkanes) is 2. The zero-order valence-corrected chi connectivity index (χ0v) is 23.6. The summed E-state index contributed by atoms with van der Waals surface area (Å²) in [5.41, 5.74) is 18.8. The summed E-state index contributed by atoms with van der Waals surface area (Å²) >= 11 is 0. The molecule has 1 heterocycles. The lowest BCUT2D eigenvalue weighted by Gasteiger charge is -2.25. The van der Waals surface area contributed by atoms with Crippen LogP contribution in [-0.2, 0) is 30.4 Å². The molecule has 2 aromatic rings. The first-order valence-corrected chi connectivity index (χ1v) is 14.1. The van der Waals surface area contributed by atoms with Gasteiger partial charge in [0.05, 0.1) is 6.04 Å². The first-order chi connectivity index (χ1) is 20.1. The molecule has 3 amide bonds. The molecule has 0 fully saturated rings. The van der Waals surface area contributed by atoms with Crippen molar-refractivity contribution in [2.24, 2.45) is 17.2 Å². The van der Waals surface area contributed by atoms with Gasteiger partial charge in [0.25, 0.3) is 0 Å². The predicted octanol–water partition coefficient (Wildman–Crippen LogP) is -0.300. The summed E-state index contributed by atoms with van der Waals surface area (Å²) < 4.78 is 0. The molecule has 4 atom stereocenters. The number of hydrogen-bond donors (Lipinski definition) is 9. The van der Waals surface area contributed by atoms with Crippen LogP contribution in [0.1, 0.15) is 56.9 Å². The van der Waals surface area contributed by atoms with Crippen molar-refractivity contribution in [2.75, 3.05) is 13.1 Å². The Morgan fingerprint density at radius 2 is 1.36 bits per heavy atom. The summed E-state index contributed by atoms with van der Waals surface area (Å²) in [6.07, 6.45) is 3.89. The number of nitrogens with two attached hydrogens (primary N) is 3. The lowest BCUT2D eigenvalue weighted by atomic mass is 10.0. The number of carboxylic acids is 2. The number of hydrogen-bond acceptors (Lipinski definition) is 8. The van der Waals surface area contributed by atoms with Crippen LogP contribution in [0.4, 0.5) is 0 Å². The normalized spacial score (nSPS) is 14.0. The molecule has 12 N–H and O–H groups in total. The first-order valence-electron chi connectivity index (χ1n) is 14.1. The molecule has 4 unspecified atom stereocenters. The number of aromatic nitrogens is 1. The molecule has 0 bridgehead atoms. The number of para-hydroxylation sites is 1. The molecule has 2 rings (SSSR count). The zero-order valence-electron chi connectivity index (χ0n) is 23.6. The largest absolute Gasteiger partial charge is 0.481 e. The van der Waals surface area contributed by atoms with Gasteiger partial charge in [-0.2, -0.15) is 0 Å². The number of benzene rings is 1. The quantitative estimate of drug-likeness (QED) is 0.0911. The Kier molecular flexibility index (Phi) is 14.4. The third-order valence-corrected chi connectivity index (χ3v) is 6.88. The average molecular weight is 590 g/mol. The van der Waals surface area contributed by atoms with E-state index in [1.165, 1.54) is 0 Å². The van der Waals surface area contributed by atoms with Gasteiger partial charge < -0.3 is 48.3 Å². The summed E-state index contributed by atoms with van der Waals surface area (Å²) in [7, 11) is 0. The van der Waals surface area contributed by atoms with Gasteiger partial charge in [0.2, 0.25) is 17.7 Å². The van der Waals surface area contributed by atoms with Gasteiger partial charge in [0.15, 0.2) is 0 Å². The van der Waals surface area contributed by atoms with Crippen molar-refractivity contribution in [2.45, 2.75) is 82.0 Å². The lowest BCUT2D eigenvalue weighted by Crippen LogP contribution is -2.57. The van der Waals surface area contributed by atoms with Crippen LogP contribution in [0.5, 0.6) is 0 Å². The molecule has 0 aliphatic carbocycles. The van der Waals surface area contributed by atoms with E-state index in [9.17, 15) is 29.1 Å². The molecule has 0 saturated carbocycles. The summed E-state index contributed by atoms with van der Waals surface area (Å²) in [4.78, 5) is 65.4. The third-order valence-electron chi connectivity index (χ3n) is 6.88. The van der Waals surface area contributed by atoms with E-state index < -0.39 is 60.2 Å². The molecule has 0 aliphatic rings. The van der Waals surface area contributed by atoms with Crippen LogP contribution in [-0.4, -0.2) is 82.1 Å². The van der Waals surface area contributed by atoms with Crippen molar-refractivity contribution in [1.82, 2.24) is 20.9 Å². The van der Waals surface area contributed by atoms with Crippen molar-refractivity contribution in [3.05, 3.63) is 36.0 Å². The Labute approximate surface area is 244 Å². The van der Waals surface area contributed by atoms with Gasteiger partial charge in [0.1, 0.15) is 18.1 Å². The third kappa shape index (κ3) is 11.1. The van der Waals surface area contributed by atoms with Crippen LogP contribution in [0.3, 0.4) is 0 Å². The average Bonchev–Trinajstić information content (AvgIpc) is 3.36. The fourth-order valence-corrected chi connectivity index (χ4v) is 4.48. The van der Waals surface area contributed by atoms with Gasteiger partial charge in [-0.05, 0) is 63.2 Å². The smallest absolute Gasteiger partial charge is 0.326 e. The number of carbonyl (C=O) groups is 5. The highest BCUT2D eigenvalue weighted by molar-refractivity contribution is 5.95. The molecule has 0 radical (unpaired) electrons. The molecular formula is C28H43N7O7. The number of carboxylic acid groups (broad SMARTS) is 2. The van der Waals surface area contributed by atoms with E-state index in [1.807, 2.05) is 24.3 Å². The van der Waals surface area contributed by atoms with E-state index in [0.717, 1.165) is 16.5 Å². The van der Waals surface area contributed by atoms with E-state index in [0.29, 0.717) is 45.2 Å². The summed E-state index contributed by atoms with van der Waals surface area (Å²) in [6, 6.07) is 2.87. The number of H-pyrrole nitrogens is 1. The molecule has 0 saturated heterocycles. The van der Waals surface area contributed by atoms with Crippen LogP contribution < -0.4 is 33.2 Å². The van der Waals surface area contributed by atoms with Gasteiger partial charge in [-0.25, -0.2) is 4.79 Å². The number of amides is 3. The number of rotatable bonds is 20. The maximum atomic E-state index is 13.6. The van der Waals surface area contributed by atoms with Crippen molar-refractivity contribution < 1.29 is 34.2 Å². The Balaban J connectivity index is 2.27. The zero-order chi connectivity index (χ0) is 31.1. The molecule has 1 aromatic heterocycles. The van der Waals surface area contributed by atoms with Gasteiger partial charge in [0, 0.05) is 29.9 Å². The summed E-state index contributed by atoms with van der Waals surface area (Å²) in [5, 5.41) is 27.0. The molecule has 232 valence electrons. The van der Waals surface area contributed by atoms with Crippen LogP contribution >= 0.6 is 0 Å². The minimum absolute atomic E-state index is 0.0879. The van der Waals surface area contributed by atoms with Crippen LogP contribution in [0.2, 0.25) is 0 Å². The SMILES string of the molecule is NCCCCC(N)C(=O)NC(Cc1c[nH]c2ccccc12)C(=O)NC(CCCCN)C(=O)NC(CCC(=O)O)C(=O)O. The van der Waals surface area contributed by atoms with E-state index >= 15 is 0 Å². The molecule has 0 aliphatic heterocycles. The Hall–Kier alpha value is -4.01. The van der Waals surface area contributed by atoms with Crippen molar-refractivity contribution in [3.63, 3.8) is 0 Å². The number of fused-ring (bicyclic) bond motifs is 1. The fraction of sp³-hybridized carbons (Fsp3) is 0.536. The number of nitrogens with one attached hydrogen (secondary N) is 4. The van der Waals surface area contributed by atoms with Crippen molar-refractivity contribution in [1.29, 1.82) is 0 Å². The lowest BCUT2D eigenvalue weighted by molar-refractivity contribution is -0.143. The number of aliphatic carboxylic acids is 2. The van der Waals surface area contributed by atoms with E-state index in [-0.39, 0.29) is 19.3 Å². The van der Waals surface area contributed by atoms with E-state index in [2.05, 4.69) is 20.9 Å². The van der Waals surface area contributed by atoms with Crippen LogP contribution in [0.15, 0.2) is 30.5 Å². The highest BCUT2D eigenvalue weighted by Crippen LogP contribution is 2.19. The minimum atomic E-state index is -1.46. The maximum Gasteiger partial charge on any atom is 0.326 e. The standard InChI is InChI=1S/C28H43N7O7/c29-13-5-3-8-19(31)25(38)35-23(15-17-16-32-20-9-2-1-7-18(17)20)27(40)33-21(10-4-6-14-30)26(39)34-22(28(41)42)11-12-24(36)37/h1-2,7,9,16,19,21-23,32H,3-6,8,10-15,29-31H2,(H,33,40)(H,34,39)(H,35,38)(H,36,37)(H,41,42). The highest BCUT2D eigenvalue weighted by atomic mass is 16.4. The predicted molar refractivity (Wildman–Crippen MR) is 156 cm³/mol. The van der Waals surface area contributed by atoms with E-state index in [4.69, 9.17) is 22.3 Å². The topological polar surface area (TPSA) is 256 Å². The van der Waals surface area contributed by atoms with Crippen molar-refractivity contribution in [3.8, 4) is 0 Å². The number of aromatic amines is 1. The van der Waals surface area contributed by atoms with Gasteiger partial charge >= 0.3 is 11.9 Å². The maximum absolute atomic E-state index is 13.6. The number of carbonyl (C=O) groups excluding carboxylic acids is 3. The second-order valence-corrected chi connectivity index (χ2v) is 10.2. The second kappa shape index (κ2) is 17.7. The fourth-order valence-electron chi connectivity index (χ4n) is 4.48. The molecule has 14 heteroatoms. The Morgan fingerprint density at radius 3 is 2.00 bits per heavy atom. The van der Waals surface area contributed by atoms with Crippen LogP contribution in [0, 0.1) is 0 Å². The summed E-state index contributed by atoms with van der Waals surface area (Å²) in [5.74, 6) is -4.58. The Morgan fingerprint density at radius 1 is 0.762 bits per heavy atom. The second-order valence-electron chi connectivity index (χ2n) is 10.2. The monoisotopic (exact) mass is 589 g/mol. The molecule has 0 spiro atoms. The van der Waals surface area contributed by atoms with Crippen molar-refractivity contribution >= 4 is 40.6 Å². The minimum Gasteiger partial charge on any atom is -0.481 e. The highest BCUT2D eigenvalue weighted by Gasteiger charge is 2.31. The van der Waals surface area contributed by atoms with Crippen LogP contribution in [0.25, 0.3) is 10.9 Å². The van der Waals surface area contributed by atoms with Gasteiger partial charge in [-0.15, -0.1) is 0 Å². The van der Waals surface area contributed by atoms with Gasteiger partial charge in [-0.1, -0.05) is 24.6 Å².